The molecule has 1 saturated carbocycles. The van der Waals surface area contributed by atoms with Gasteiger partial charge in [0.15, 0.2) is 0 Å². The molecular weight excluding hydrogens is 464 g/mol. The fourth-order valence-corrected chi connectivity index (χ4v) is 5.91. The fraction of sp³-hybridized carbons (Fsp3) is 0.290. The third kappa shape index (κ3) is 5.57. The van der Waals surface area contributed by atoms with Crippen LogP contribution in [0, 0.1) is 12.8 Å². The number of hydrogen-bond donors (Lipinski definition) is 1. The quantitative estimate of drug-likeness (QED) is 0.388. The van der Waals surface area contributed by atoms with Crippen LogP contribution in [0.4, 0.5) is 5.69 Å². The van der Waals surface area contributed by atoms with Crippen molar-refractivity contribution in [3.05, 3.63) is 100.0 Å². The summed E-state index contributed by atoms with van der Waals surface area (Å²) in [6.45, 7) is 4.86. The van der Waals surface area contributed by atoms with Crippen LogP contribution in [0.3, 0.4) is 0 Å². The summed E-state index contributed by atoms with van der Waals surface area (Å²) in [7, 11) is 0. The number of amides is 2. The van der Waals surface area contributed by atoms with Crippen molar-refractivity contribution in [2.75, 3.05) is 4.90 Å². The molecule has 1 heterocycles. The third-order valence-corrected chi connectivity index (χ3v) is 8.19. The molecule has 1 aliphatic carbocycles. The van der Waals surface area contributed by atoms with E-state index >= 15 is 0 Å². The Hall–Kier alpha value is -3.31. The van der Waals surface area contributed by atoms with Crippen molar-refractivity contribution in [3.8, 4) is 0 Å². The molecule has 184 valence electrons. The van der Waals surface area contributed by atoms with Crippen molar-refractivity contribution in [2.45, 2.75) is 57.0 Å². The van der Waals surface area contributed by atoms with Crippen LogP contribution in [0.2, 0.25) is 0 Å². The highest BCUT2D eigenvalue weighted by Crippen LogP contribution is 2.42. The van der Waals surface area contributed by atoms with Crippen LogP contribution >= 0.6 is 11.8 Å². The minimum atomic E-state index is -0.0184. The molecule has 5 heteroatoms. The molecule has 2 aliphatic rings. The van der Waals surface area contributed by atoms with Crippen LogP contribution in [0.1, 0.15) is 59.7 Å². The van der Waals surface area contributed by atoms with E-state index < -0.39 is 0 Å². The molecule has 5 rings (SSSR count). The Morgan fingerprint density at radius 3 is 2.39 bits per heavy atom. The van der Waals surface area contributed by atoms with Crippen molar-refractivity contribution in [1.82, 2.24) is 5.32 Å². The highest BCUT2D eigenvalue weighted by Gasteiger charge is 2.29. The van der Waals surface area contributed by atoms with E-state index in [-0.39, 0.29) is 17.9 Å². The zero-order valence-corrected chi connectivity index (χ0v) is 21.7. The SMILES string of the molecule is Cc1ccc(CN2C(=O)C(=Cc3ccc(C(=O)NC4CCC(C)CC4)cc3)Sc3ccccc32)cc1. The third-order valence-electron chi connectivity index (χ3n) is 7.11. The van der Waals surface area contributed by atoms with E-state index in [2.05, 4.69) is 49.5 Å². The van der Waals surface area contributed by atoms with Crippen LogP contribution < -0.4 is 10.2 Å². The second-order valence-corrected chi connectivity index (χ2v) is 11.1. The molecule has 0 aromatic heterocycles. The molecule has 0 radical (unpaired) electrons. The Bertz CT molecular complexity index is 1270. The second kappa shape index (κ2) is 10.8. The predicted octanol–water partition coefficient (Wildman–Crippen LogP) is 6.98. The van der Waals surface area contributed by atoms with Crippen molar-refractivity contribution in [3.63, 3.8) is 0 Å². The zero-order chi connectivity index (χ0) is 25.1. The Morgan fingerprint density at radius 2 is 1.67 bits per heavy atom. The number of fused-ring (bicyclic) bond motifs is 1. The van der Waals surface area contributed by atoms with E-state index in [1.165, 1.54) is 30.2 Å². The van der Waals surface area contributed by atoms with Gasteiger partial charge < -0.3 is 10.2 Å². The lowest BCUT2D eigenvalue weighted by atomic mass is 9.87. The minimum Gasteiger partial charge on any atom is -0.349 e. The van der Waals surface area contributed by atoms with Gasteiger partial charge in [0.05, 0.1) is 17.1 Å². The molecule has 1 fully saturated rings. The standard InChI is InChI=1S/C31H32N2O2S/c1-21-7-11-24(12-8-21)20-33-27-5-3-4-6-28(27)36-29(31(33)35)19-23-13-15-25(16-14-23)30(34)32-26-17-9-22(2)10-18-26/h3-8,11-16,19,22,26H,9-10,17-18,20H2,1-2H3,(H,32,34). The fourth-order valence-electron chi connectivity index (χ4n) is 4.85. The van der Waals surface area contributed by atoms with E-state index in [1.807, 2.05) is 53.4 Å². The lowest BCUT2D eigenvalue weighted by Crippen LogP contribution is -2.37. The Kier molecular flexibility index (Phi) is 7.28. The Labute approximate surface area is 217 Å². The first-order chi connectivity index (χ1) is 17.5. The van der Waals surface area contributed by atoms with Crippen LogP contribution in [0.25, 0.3) is 6.08 Å². The molecule has 0 unspecified atom stereocenters. The number of benzene rings is 3. The summed E-state index contributed by atoms with van der Waals surface area (Å²) in [5.74, 6) is 0.730. The number of thioether (sulfide) groups is 1. The number of nitrogens with zero attached hydrogens (tertiary/aromatic N) is 1. The highest BCUT2D eigenvalue weighted by atomic mass is 32.2. The van der Waals surface area contributed by atoms with Gasteiger partial charge in [-0.1, -0.05) is 72.8 Å². The monoisotopic (exact) mass is 496 g/mol. The summed E-state index contributed by atoms with van der Waals surface area (Å²) < 4.78 is 0. The molecule has 0 atom stereocenters. The molecule has 0 bridgehead atoms. The van der Waals surface area contributed by atoms with Crippen LogP contribution in [-0.4, -0.2) is 17.9 Å². The minimum absolute atomic E-state index is 0.00683. The summed E-state index contributed by atoms with van der Waals surface area (Å²) in [6.07, 6.45) is 6.38. The maximum absolute atomic E-state index is 13.6. The van der Waals surface area contributed by atoms with E-state index in [4.69, 9.17) is 0 Å². The molecule has 0 spiro atoms. The highest BCUT2D eigenvalue weighted by molar-refractivity contribution is 8.04. The predicted molar refractivity (Wildman–Crippen MR) is 148 cm³/mol. The average Bonchev–Trinajstić information content (AvgIpc) is 2.89. The number of hydrogen-bond acceptors (Lipinski definition) is 3. The van der Waals surface area contributed by atoms with Gasteiger partial charge >= 0.3 is 0 Å². The number of carbonyl (C=O) groups is 2. The van der Waals surface area contributed by atoms with E-state index in [1.54, 1.807) is 0 Å². The van der Waals surface area contributed by atoms with Crippen LogP contribution in [0.15, 0.2) is 82.6 Å². The molecule has 2 amide bonds. The number of para-hydroxylation sites is 1. The number of aryl methyl sites for hydroxylation is 1. The van der Waals surface area contributed by atoms with E-state index in [0.717, 1.165) is 40.5 Å². The smallest absolute Gasteiger partial charge is 0.265 e. The average molecular weight is 497 g/mol. The lowest BCUT2D eigenvalue weighted by molar-refractivity contribution is -0.114. The zero-order valence-electron chi connectivity index (χ0n) is 20.9. The summed E-state index contributed by atoms with van der Waals surface area (Å²) in [5, 5.41) is 3.19. The molecule has 3 aromatic rings. The number of rotatable bonds is 5. The topological polar surface area (TPSA) is 49.4 Å². The largest absolute Gasteiger partial charge is 0.349 e. The summed E-state index contributed by atoms with van der Waals surface area (Å²) in [4.78, 5) is 29.9. The number of carbonyl (C=O) groups excluding carboxylic acids is 2. The van der Waals surface area contributed by atoms with Crippen molar-refractivity contribution >= 4 is 35.3 Å². The maximum Gasteiger partial charge on any atom is 0.265 e. The van der Waals surface area contributed by atoms with Gasteiger partial charge in [0.1, 0.15) is 0 Å². The number of nitrogens with one attached hydrogen (secondary N) is 1. The van der Waals surface area contributed by atoms with E-state index in [9.17, 15) is 9.59 Å². The molecule has 1 N–H and O–H groups in total. The molecule has 0 saturated heterocycles. The molecule has 36 heavy (non-hydrogen) atoms. The first-order valence-electron chi connectivity index (χ1n) is 12.7. The van der Waals surface area contributed by atoms with Gasteiger partial charge in [-0.15, -0.1) is 0 Å². The summed E-state index contributed by atoms with van der Waals surface area (Å²) >= 11 is 1.50. The molecular formula is C31H32N2O2S. The van der Waals surface area contributed by atoms with Gasteiger partial charge in [0, 0.05) is 16.5 Å². The molecule has 1 aliphatic heterocycles. The van der Waals surface area contributed by atoms with Gasteiger partial charge in [-0.2, -0.15) is 0 Å². The van der Waals surface area contributed by atoms with Crippen LogP contribution in [-0.2, 0) is 11.3 Å². The number of anilines is 1. The normalized spacial score (nSPS) is 20.8. The van der Waals surface area contributed by atoms with Crippen molar-refractivity contribution < 1.29 is 9.59 Å². The summed E-state index contributed by atoms with van der Waals surface area (Å²) in [5.41, 5.74) is 4.80. The summed E-state index contributed by atoms with van der Waals surface area (Å²) in [6, 6.07) is 24.2. The van der Waals surface area contributed by atoms with E-state index in [0.29, 0.717) is 17.0 Å². The lowest BCUT2D eigenvalue weighted by Gasteiger charge is -2.30. The Balaban J connectivity index is 1.33. The van der Waals surface area contributed by atoms with Gasteiger partial charge in [0.2, 0.25) is 0 Å². The second-order valence-electron chi connectivity index (χ2n) is 10.0. The van der Waals surface area contributed by atoms with Crippen molar-refractivity contribution in [1.29, 1.82) is 0 Å². The van der Waals surface area contributed by atoms with Gasteiger partial charge in [-0.3, -0.25) is 9.59 Å². The van der Waals surface area contributed by atoms with Gasteiger partial charge in [-0.05, 0) is 80.0 Å². The van der Waals surface area contributed by atoms with Crippen LogP contribution in [0.5, 0.6) is 0 Å². The molecule has 3 aromatic carbocycles. The molecule has 4 nitrogen and oxygen atoms in total. The van der Waals surface area contributed by atoms with Crippen molar-refractivity contribution in [2.24, 2.45) is 5.92 Å². The first kappa shape index (κ1) is 24.4. The van der Waals surface area contributed by atoms with Gasteiger partial charge in [-0.25, -0.2) is 0 Å². The first-order valence-corrected chi connectivity index (χ1v) is 13.5. The van der Waals surface area contributed by atoms with Gasteiger partial charge in [0.25, 0.3) is 11.8 Å². The Morgan fingerprint density at radius 1 is 0.972 bits per heavy atom. The maximum atomic E-state index is 13.6.